The number of hydrogen-bond donors (Lipinski definition) is 2. The molecule has 0 saturated carbocycles. The summed E-state index contributed by atoms with van der Waals surface area (Å²) in [6.07, 6.45) is 3.97. The van der Waals surface area contributed by atoms with Crippen LogP contribution in [0, 0.1) is 25.7 Å². The fourth-order valence-electron chi connectivity index (χ4n) is 4.28. The first-order valence-electron chi connectivity index (χ1n) is 12.3. The molecule has 3 rings (SSSR count). The smallest absolute Gasteiger partial charge is 0.260 e. The van der Waals surface area contributed by atoms with Crippen LogP contribution in [0.4, 0.5) is 5.69 Å². The Morgan fingerprint density at radius 3 is 2.44 bits per heavy atom. The zero-order valence-electron chi connectivity index (χ0n) is 22.4. The molecule has 1 aromatic heterocycles. The van der Waals surface area contributed by atoms with Gasteiger partial charge in [-0.15, -0.1) is 11.3 Å². The van der Waals surface area contributed by atoms with Crippen molar-refractivity contribution in [3.63, 3.8) is 0 Å². The number of anilines is 1. The quantitative estimate of drug-likeness (QED) is 0.328. The van der Waals surface area contributed by atoms with Gasteiger partial charge in [0.05, 0.1) is 33.6 Å². The molecule has 2 aromatic carbocycles. The molecule has 3 N–H and O–H groups in total. The third-order valence-electron chi connectivity index (χ3n) is 5.80. The second-order valence-corrected chi connectivity index (χ2v) is 10.5. The molecule has 196 valence electrons. The van der Waals surface area contributed by atoms with Crippen LogP contribution in [0.25, 0.3) is 10.2 Å². The molecule has 0 saturated heterocycles. The Morgan fingerprint density at radius 1 is 1.11 bits per heavy atom. The number of nitrogens with zero attached hydrogens (tertiary/aromatic N) is 1. The van der Waals surface area contributed by atoms with Crippen molar-refractivity contribution in [2.45, 2.75) is 53.9 Å². The Balaban J connectivity index is 0.000000352. The van der Waals surface area contributed by atoms with E-state index in [0.717, 1.165) is 39.2 Å². The van der Waals surface area contributed by atoms with Crippen molar-refractivity contribution < 1.29 is 19.1 Å². The first-order valence-corrected chi connectivity index (χ1v) is 13.1. The van der Waals surface area contributed by atoms with Gasteiger partial charge in [-0.25, -0.2) is 4.98 Å². The van der Waals surface area contributed by atoms with Crippen LogP contribution in [-0.2, 0) is 4.74 Å². The van der Waals surface area contributed by atoms with Gasteiger partial charge in [-0.3, -0.25) is 9.59 Å². The number of benzene rings is 2. The van der Waals surface area contributed by atoms with Gasteiger partial charge in [-0.2, -0.15) is 0 Å². The molecule has 0 radical (unpaired) electrons. The summed E-state index contributed by atoms with van der Waals surface area (Å²) in [5.41, 5.74) is 8.06. The van der Waals surface area contributed by atoms with Crippen LogP contribution in [0.3, 0.4) is 0 Å². The van der Waals surface area contributed by atoms with Gasteiger partial charge in [0.2, 0.25) is 0 Å². The van der Waals surface area contributed by atoms with Gasteiger partial charge in [0.15, 0.2) is 0 Å². The molecule has 8 heteroatoms. The number of methoxy groups -OCH3 is 2. The molecule has 0 fully saturated rings. The van der Waals surface area contributed by atoms with E-state index in [4.69, 9.17) is 15.2 Å². The van der Waals surface area contributed by atoms with Crippen LogP contribution < -0.4 is 15.8 Å². The van der Waals surface area contributed by atoms with E-state index in [-0.39, 0.29) is 11.5 Å². The normalized spacial score (nSPS) is 12.4. The summed E-state index contributed by atoms with van der Waals surface area (Å²) in [6, 6.07) is 8.60. The largest absolute Gasteiger partial charge is 0.496 e. The van der Waals surface area contributed by atoms with Gasteiger partial charge in [0, 0.05) is 13.7 Å². The highest BCUT2D eigenvalue weighted by Gasteiger charge is 2.21. The number of ether oxygens (including phenoxy) is 2. The van der Waals surface area contributed by atoms with E-state index in [1.807, 2.05) is 19.9 Å². The Morgan fingerprint density at radius 2 is 1.83 bits per heavy atom. The lowest BCUT2D eigenvalue weighted by Crippen LogP contribution is -2.19. The average molecular weight is 514 g/mol. The minimum absolute atomic E-state index is 0.255. The summed E-state index contributed by atoms with van der Waals surface area (Å²) < 4.78 is 11.2. The summed E-state index contributed by atoms with van der Waals surface area (Å²) in [4.78, 5) is 29.0. The van der Waals surface area contributed by atoms with Crippen molar-refractivity contribution in [2.24, 2.45) is 17.6 Å². The first kappa shape index (κ1) is 29.3. The molecule has 36 heavy (non-hydrogen) atoms. The highest BCUT2D eigenvalue weighted by Crippen LogP contribution is 2.33. The van der Waals surface area contributed by atoms with Crippen LogP contribution >= 0.6 is 11.3 Å². The number of thiazole rings is 1. The van der Waals surface area contributed by atoms with Gasteiger partial charge < -0.3 is 20.5 Å². The van der Waals surface area contributed by atoms with Gasteiger partial charge in [-0.1, -0.05) is 39.7 Å². The number of amides is 2. The average Bonchev–Trinajstić information content (AvgIpc) is 3.18. The fourth-order valence-corrected chi connectivity index (χ4v) is 5.23. The molecule has 0 bridgehead atoms. The van der Waals surface area contributed by atoms with Crippen molar-refractivity contribution in [1.82, 2.24) is 4.98 Å². The number of carbonyl (C=O) groups is 2. The van der Waals surface area contributed by atoms with E-state index in [0.29, 0.717) is 17.0 Å². The summed E-state index contributed by atoms with van der Waals surface area (Å²) in [5, 5.41) is 3.64. The van der Waals surface area contributed by atoms with E-state index < -0.39 is 5.91 Å². The molecule has 2 unspecified atom stereocenters. The van der Waals surface area contributed by atoms with E-state index in [1.165, 1.54) is 37.7 Å². The van der Waals surface area contributed by atoms with E-state index in [9.17, 15) is 9.59 Å². The predicted octanol–water partition coefficient (Wildman–Crippen LogP) is 6.37. The Labute approximate surface area is 218 Å². The summed E-state index contributed by atoms with van der Waals surface area (Å²) in [6.45, 7) is 11.5. The first-order chi connectivity index (χ1) is 17.1. The van der Waals surface area contributed by atoms with Gasteiger partial charge in [0.1, 0.15) is 11.3 Å². The van der Waals surface area contributed by atoms with Crippen molar-refractivity contribution in [3.8, 4) is 5.75 Å². The third-order valence-corrected chi connectivity index (χ3v) is 6.80. The zero-order valence-corrected chi connectivity index (χ0v) is 23.3. The molecule has 1 heterocycles. The van der Waals surface area contributed by atoms with Gasteiger partial charge in [-0.05, 0) is 61.9 Å². The molecular weight excluding hydrogens is 474 g/mol. The SMILES string of the molecule is CCCC(C)CC(C)COC.COc1ccc2nc(C)sc2c1C(=O)Nc1cc(C)ccc1C(N)=O. The number of nitrogens with one attached hydrogen (secondary N) is 1. The third kappa shape index (κ3) is 8.03. The highest BCUT2D eigenvalue weighted by molar-refractivity contribution is 7.19. The molecule has 2 atom stereocenters. The summed E-state index contributed by atoms with van der Waals surface area (Å²) in [7, 11) is 3.29. The monoisotopic (exact) mass is 513 g/mol. The maximum Gasteiger partial charge on any atom is 0.260 e. The Bertz CT molecular complexity index is 1170. The van der Waals surface area contributed by atoms with Crippen LogP contribution in [-0.4, -0.2) is 37.6 Å². The Kier molecular flexibility index (Phi) is 11.3. The number of nitrogens with two attached hydrogens (primary N) is 1. The number of fused-ring (bicyclic) bond motifs is 1. The van der Waals surface area contributed by atoms with Gasteiger partial charge in [0.25, 0.3) is 11.8 Å². The van der Waals surface area contributed by atoms with Crippen molar-refractivity contribution >= 4 is 39.1 Å². The molecule has 0 aliphatic carbocycles. The number of rotatable bonds is 10. The van der Waals surface area contributed by atoms with Crippen molar-refractivity contribution in [3.05, 3.63) is 52.0 Å². The van der Waals surface area contributed by atoms with Gasteiger partial charge >= 0.3 is 0 Å². The molecule has 0 spiro atoms. The van der Waals surface area contributed by atoms with E-state index in [2.05, 4.69) is 31.1 Å². The minimum Gasteiger partial charge on any atom is -0.496 e. The molecular formula is C28H39N3O4S. The minimum atomic E-state index is -0.603. The molecule has 3 aromatic rings. The van der Waals surface area contributed by atoms with Crippen LogP contribution in [0.1, 0.15) is 71.3 Å². The number of primary amides is 1. The maximum absolute atomic E-state index is 12.9. The van der Waals surface area contributed by atoms with E-state index >= 15 is 0 Å². The second kappa shape index (κ2) is 13.9. The summed E-state index contributed by atoms with van der Waals surface area (Å²) >= 11 is 1.42. The zero-order chi connectivity index (χ0) is 26.8. The van der Waals surface area contributed by atoms with Crippen molar-refractivity contribution in [2.75, 3.05) is 26.1 Å². The molecule has 7 nitrogen and oxygen atoms in total. The lowest BCUT2D eigenvalue weighted by Gasteiger charge is -2.15. The van der Waals surface area contributed by atoms with Crippen LogP contribution in [0.5, 0.6) is 5.75 Å². The number of aromatic nitrogens is 1. The Hall–Kier alpha value is -2.97. The summed E-state index contributed by atoms with van der Waals surface area (Å²) in [5.74, 6) is 1.06. The topological polar surface area (TPSA) is 104 Å². The maximum atomic E-state index is 12.9. The fraction of sp³-hybridized carbons (Fsp3) is 0.464. The lowest BCUT2D eigenvalue weighted by atomic mass is 9.94. The van der Waals surface area contributed by atoms with E-state index in [1.54, 1.807) is 31.4 Å². The molecule has 0 aliphatic rings. The second-order valence-electron chi connectivity index (χ2n) is 9.28. The number of carbonyl (C=O) groups excluding carboxylic acids is 2. The number of hydrogen-bond acceptors (Lipinski definition) is 6. The molecule has 0 aliphatic heterocycles. The molecule has 2 amide bonds. The predicted molar refractivity (Wildman–Crippen MR) is 148 cm³/mol. The van der Waals surface area contributed by atoms with Crippen LogP contribution in [0.15, 0.2) is 30.3 Å². The number of aryl methyl sites for hydroxylation is 2. The standard InChI is InChI=1S/C18H17N3O3S.C10H22O/c1-9-4-5-11(17(19)22)13(8-9)21-18(23)15-14(24-3)7-6-12-16(15)25-10(2)20-12;1-5-6-9(2)7-10(3)8-11-4/h4-8H,1-3H3,(H2,19,22)(H,21,23);9-10H,5-8H2,1-4H3. The van der Waals surface area contributed by atoms with Crippen molar-refractivity contribution in [1.29, 1.82) is 0 Å². The highest BCUT2D eigenvalue weighted by atomic mass is 32.1. The lowest BCUT2D eigenvalue weighted by molar-refractivity contribution is 0.100. The van der Waals surface area contributed by atoms with Crippen LogP contribution in [0.2, 0.25) is 0 Å².